The van der Waals surface area contributed by atoms with Crippen LogP contribution in [0.5, 0.6) is 0 Å². The summed E-state index contributed by atoms with van der Waals surface area (Å²) in [5.74, 6) is -1.04. The minimum atomic E-state index is -1.27. The molecule has 6 N–H and O–H groups in total. The summed E-state index contributed by atoms with van der Waals surface area (Å²) in [7, 11) is 0. The Morgan fingerprint density at radius 1 is 0.865 bits per heavy atom. The van der Waals surface area contributed by atoms with Crippen LogP contribution in [0, 0.1) is 5.92 Å². The minimum Gasteiger partial charge on any atom is -0.444 e. The molecule has 280 valence electrons. The van der Waals surface area contributed by atoms with E-state index in [9.17, 15) is 24.6 Å². The second-order valence-corrected chi connectivity index (χ2v) is 14.1. The van der Waals surface area contributed by atoms with Crippen LogP contribution in [-0.4, -0.2) is 87.2 Å². The van der Waals surface area contributed by atoms with Gasteiger partial charge in [0, 0.05) is 13.1 Å². The van der Waals surface area contributed by atoms with Gasteiger partial charge in [-0.15, -0.1) is 0 Å². The summed E-state index contributed by atoms with van der Waals surface area (Å²) in [4.78, 5) is 45.2. The molecular formula is C39H51N5O8. The Bertz CT molecular complexity index is 1690. The Kier molecular flexibility index (Phi) is 14.2. The molecule has 13 heteroatoms. The number of ether oxygens (including phenoxy) is 2. The maximum Gasteiger partial charge on any atom is 0.411 e. The summed E-state index contributed by atoms with van der Waals surface area (Å²) >= 11 is 0. The molecule has 0 saturated carbocycles. The Labute approximate surface area is 304 Å². The average Bonchev–Trinajstić information content (AvgIpc) is 3.51. The van der Waals surface area contributed by atoms with Gasteiger partial charge in [0.05, 0.1) is 24.3 Å². The number of nitrogens with two attached hydrogens (primary N) is 1. The first-order valence-corrected chi connectivity index (χ1v) is 17.4. The Morgan fingerprint density at radius 2 is 1.44 bits per heavy atom. The van der Waals surface area contributed by atoms with E-state index in [0.717, 1.165) is 11.1 Å². The molecular weight excluding hydrogens is 666 g/mol. The van der Waals surface area contributed by atoms with Gasteiger partial charge in [-0.2, -0.15) is 0 Å². The molecule has 1 aromatic heterocycles. The van der Waals surface area contributed by atoms with Crippen LogP contribution in [-0.2, 0) is 33.7 Å². The average molecular weight is 718 g/mol. The standard InChI is InChI=1S/C39H51N5O8/c1-25(2)35(36(40)47)44(38(49)50-24-34-42-28-18-12-13-19-33(28)51-34)30(21-27-16-10-7-11-17-27)32(46)23-41-22-31(45)29(20-26-14-8-6-9-15-26)43-37(48)52-39(3,4)5/h6-19,25,29-32,35,41,45-46H,20-24H2,1-5H3,(H2,40,47)(H,43,48)/t29-,30-,31?,32+,35+/m1/s1. The Morgan fingerprint density at radius 3 is 2.02 bits per heavy atom. The molecule has 3 amide bonds. The third-order valence-electron chi connectivity index (χ3n) is 8.35. The maximum atomic E-state index is 14.0. The van der Waals surface area contributed by atoms with Gasteiger partial charge >= 0.3 is 12.2 Å². The van der Waals surface area contributed by atoms with Gasteiger partial charge in [-0.25, -0.2) is 14.6 Å². The Balaban J connectivity index is 1.54. The molecule has 0 aliphatic carbocycles. The predicted octanol–water partition coefficient (Wildman–Crippen LogP) is 4.34. The van der Waals surface area contributed by atoms with E-state index in [1.54, 1.807) is 52.8 Å². The summed E-state index contributed by atoms with van der Waals surface area (Å²) in [6.45, 7) is 8.30. The molecule has 5 atom stereocenters. The summed E-state index contributed by atoms with van der Waals surface area (Å²) < 4.78 is 16.8. The zero-order valence-electron chi connectivity index (χ0n) is 30.4. The number of para-hydroxylation sites is 2. The number of aliphatic hydroxyl groups is 2. The number of hydrogen-bond donors (Lipinski definition) is 5. The monoisotopic (exact) mass is 717 g/mol. The molecule has 1 unspecified atom stereocenters. The molecule has 3 aromatic carbocycles. The minimum absolute atomic E-state index is 0.0337. The van der Waals surface area contributed by atoms with Crippen molar-refractivity contribution in [1.82, 2.24) is 20.5 Å². The number of nitrogens with zero attached hydrogens (tertiary/aromatic N) is 2. The molecule has 4 rings (SSSR count). The van der Waals surface area contributed by atoms with Crippen molar-refractivity contribution in [1.29, 1.82) is 0 Å². The molecule has 0 bridgehead atoms. The third kappa shape index (κ3) is 11.8. The summed E-state index contributed by atoms with van der Waals surface area (Å²) in [6.07, 6.45) is -3.46. The highest BCUT2D eigenvalue weighted by molar-refractivity contribution is 5.85. The fourth-order valence-electron chi connectivity index (χ4n) is 5.96. The van der Waals surface area contributed by atoms with Crippen molar-refractivity contribution in [2.24, 2.45) is 11.7 Å². The summed E-state index contributed by atoms with van der Waals surface area (Å²) in [5.41, 5.74) is 7.96. The van der Waals surface area contributed by atoms with Gasteiger partial charge in [0.2, 0.25) is 11.8 Å². The molecule has 52 heavy (non-hydrogen) atoms. The number of nitrogens with one attached hydrogen (secondary N) is 2. The number of aliphatic hydroxyl groups excluding tert-OH is 2. The van der Waals surface area contributed by atoms with Crippen LogP contribution >= 0.6 is 0 Å². The van der Waals surface area contributed by atoms with Gasteiger partial charge in [0.25, 0.3) is 0 Å². The third-order valence-corrected chi connectivity index (χ3v) is 8.35. The van der Waals surface area contributed by atoms with Crippen molar-refractivity contribution in [3.05, 3.63) is 102 Å². The lowest BCUT2D eigenvalue weighted by atomic mass is 9.94. The van der Waals surface area contributed by atoms with Crippen LogP contribution in [0.4, 0.5) is 9.59 Å². The van der Waals surface area contributed by atoms with E-state index in [4.69, 9.17) is 19.6 Å². The van der Waals surface area contributed by atoms with Crippen LogP contribution in [0.2, 0.25) is 0 Å². The van der Waals surface area contributed by atoms with Crippen molar-refractivity contribution in [3.63, 3.8) is 0 Å². The number of aromatic nitrogens is 1. The topological polar surface area (TPSA) is 189 Å². The number of carbonyl (C=O) groups is 3. The fraction of sp³-hybridized carbons (Fsp3) is 0.436. The predicted molar refractivity (Wildman–Crippen MR) is 196 cm³/mol. The molecule has 0 saturated heterocycles. The normalized spacial score (nSPS) is 14.6. The molecule has 0 spiro atoms. The first kappa shape index (κ1) is 39.8. The number of benzene rings is 3. The van der Waals surface area contributed by atoms with Crippen molar-refractivity contribution in [2.75, 3.05) is 13.1 Å². The highest BCUT2D eigenvalue weighted by Crippen LogP contribution is 2.23. The van der Waals surface area contributed by atoms with Gasteiger partial charge in [0.1, 0.15) is 17.2 Å². The van der Waals surface area contributed by atoms with Crippen LogP contribution in [0.3, 0.4) is 0 Å². The highest BCUT2D eigenvalue weighted by Gasteiger charge is 2.40. The van der Waals surface area contributed by atoms with E-state index in [-0.39, 0.29) is 32.0 Å². The molecule has 13 nitrogen and oxygen atoms in total. The molecule has 0 aliphatic heterocycles. The molecule has 4 aromatic rings. The second kappa shape index (κ2) is 18.5. The van der Waals surface area contributed by atoms with Crippen molar-refractivity contribution in [3.8, 4) is 0 Å². The van der Waals surface area contributed by atoms with Crippen molar-refractivity contribution in [2.45, 2.75) is 90.0 Å². The lowest BCUT2D eigenvalue weighted by Crippen LogP contribution is -2.60. The van der Waals surface area contributed by atoms with Gasteiger partial charge in [0.15, 0.2) is 12.2 Å². The van der Waals surface area contributed by atoms with Crippen LogP contribution < -0.4 is 16.4 Å². The zero-order valence-corrected chi connectivity index (χ0v) is 30.4. The van der Waals surface area contributed by atoms with E-state index < -0.39 is 59.9 Å². The first-order valence-electron chi connectivity index (χ1n) is 17.4. The number of primary amides is 1. The number of hydrogen-bond acceptors (Lipinski definition) is 10. The lowest BCUT2D eigenvalue weighted by molar-refractivity contribution is -0.126. The number of alkyl carbamates (subject to hydrolysis) is 1. The van der Waals surface area contributed by atoms with Gasteiger partial charge < -0.3 is 40.5 Å². The van der Waals surface area contributed by atoms with Crippen molar-refractivity contribution < 1.29 is 38.5 Å². The van der Waals surface area contributed by atoms with Crippen LogP contribution in [0.15, 0.2) is 89.3 Å². The quantitative estimate of drug-likeness (QED) is 0.105. The molecule has 0 aliphatic rings. The van der Waals surface area contributed by atoms with Gasteiger partial charge in [-0.05, 0) is 62.8 Å². The summed E-state index contributed by atoms with van der Waals surface area (Å²) in [5, 5.41) is 28.9. The largest absolute Gasteiger partial charge is 0.444 e. The van der Waals surface area contributed by atoms with Crippen LogP contribution in [0.25, 0.3) is 11.1 Å². The van der Waals surface area contributed by atoms with Gasteiger partial charge in [-0.3, -0.25) is 9.69 Å². The number of amides is 3. The number of carbonyl (C=O) groups excluding carboxylic acids is 3. The lowest BCUT2D eigenvalue weighted by Gasteiger charge is -2.40. The Hall–Kier alpha value is -4.98. The van der Waals surface area contributed by atoms with Crippen LogP contribution in [0.1, 0.15) is 51.6 Å². The highest BCUT2D eigenvalue weighted by atomic mass is 16.6. The molecule has 0 radical (unpaired) electrons. The molecule has 1 heterocycles. The van der Waals surface area contributed by atoms with Gasteiger partial charge in [-0.1, -0.05) is 86.6 Å². The van der Waals surface area contributed by atoms with E-state index in [1.165, 1.54) is 4.90 Å². The molecule has 0 fully saturated rings. The number of rotatable bonds is 17. The summed E-state index contributed by atoms with van der Waals surface area (Å²) in [6, 6.07) is 22.9. The van der Waals surface area contributed by atoms with Crippen molar-refractivity contribution >= 4 is 29.2 Å². The first-order chi connectivity index (χ1) is 24.7. The van der Waals surface area contributed by atoms with E-state index >= 15 is 0 Å². The van der Waals surface area contributed by atoms with E-state index in [1.807, 2.05) is 66.7 Å². The SMILES string of the molecule is CC(C)[C@@H](C(N)=O)N(C(=O)OCc1nc2ccccc2o1)[C@H](Cc1ccccc1)[C@@H](O)CNCC(O)[C@@H](Cc1ccccc1)NC(=O)OC(C)(C)C. The maximum absolute atomic E-state index is 14.0. The number of oxazole rings is 1. The zero-order chi connectivity index (χ0) is 37.8. The van der Waals surface area contributed by atoms with E-state index in [2.05, 4.69) is 15.6 Å². The number of fused-ring (bicyclic) bond motifs is 1. The second-order valence-electron chi connectivity index (χ2n) is 14.1. The van der Waals surface area contributed by atoms with E-state index in [0.29, 0.717) is 17.5 Å². The fourth-order valence-corrected chi connectivity index (χ4v) is 5.96. The smallest absolute Gasteiger partial charge is 0.411 e.